The maximum atomic E-state index is 13.1. The van der Waals surface area contributed by atoms with Crippen LogP contribution < -0.4 is 16.4 Å². The molecule has 0 atom stereocenters. The molecule has 0 radical (unpaired) electrons. The molecule has 3 rings (SSSR count). The molecule has 10 nitrogen and oxygen atoms in total. The Morgan fingerprint density at radius 3 is 2.06 bits per heavy atom. The molecule has 0 unspecified atom stereocenters. The summed E-state index contributed by atoms with van der Waals surface area (Å²) >= 11 is 0. The topological polar surface area (TPSA) is 169 Å². The fourth-order valence-electron chi connectivity index (χ4n) is 3.26. The number of amides is 2. The van der Waals surface area contributed by atoms with Crippen molar-refractivity contribution in [2.45, 2.75) is 0 Å². The van der Waals surface area contributed by atoms with Gasteiger partial charge < -0.3 is 20.6 Å². The van der Waals surface area contributed by atoms with Gasteiger partial charge in [-0.3, -0.25) is 15.0 Å². The Kier molecular flexibility index (Phi) is 7.31. The third-order valence-corrected chi connectivity index (χ3v) is 5.33. The van der Waals surface area contributed by atoms with Crippen molar-refractivity contribution in [3.63, 3.8) is 0 Å². The fourth-order valence-corrected chi connectivity index (χ4v) is 3.63. The van der Waals surface area contributed by atoms with Crippen LogP contribution in [-0.2, 0) is 14.3 Å². The maximum absolute atomic E-state index is 13.1. The third kappa shape index (κ3) is 6.09. The zero-order chi connectivity index (χ0) is 25.8. The summed E-state index contributed by atoms with van der Waals surface area (Å²) in [4.78, 5) is 37.9. The summed E-state index contributed by atoms with van der Waals surface area (Å²) in [7, 11) is -2.73. The number of nitrogen functional groups attached to an aromatic ring is 1. The van der Waals surface area contributed by atoms with Crippen LogP contribution in [0.15, 0.2) is 66.7 Å². The summed E-state index contributed by atoms with van der Waals surface area (Å²) in [5, 5.41) is 12.6. The molecular weight excluding hydrogens is 472 g/mol. The number of hydrogen-bond acceptors (Lipinski definition) is 7. The van der Waals surface area contributed by atoms with Crippen LogP contribution in [0.5, 0.6) is 0 Å². The predicted molar refractivity (Wildman–Crippen MR) is 131 cm³/mol. The molecule has 5 N–H and O–H groups in total. The number of nitrogens with two attached hydrogens (primary N) is 1. The van der Waals surface area contributed by atoms with Gasteiger partial charge in [-0.2, -0.15) is 8.42 Å². The van der Waals surface area contributed by atoms with Crippen molar-refractivity contribution >= 4 is 39.4 Å². The highest BCUT2D eigenvalue weighted by molar-refractivity contribution is 7.86. The van der Waals surface area contributed by atoms with Crippen LogP contribution in [0.1, 0.15) is 36.6 Å². The Hall–Kier alpha value is -4.51. The highest BCUT2D eigenvalue weighted by Crippen LogP contribution is 2.30. The molecule has 35 heavy (non-hydrogen) atoms. The number of amidine groups is 1. The molecule has 11 heteroatoms. The van der Waals surface area contributed by atoms with Crippen molar-refractivity contribution in [1.29, 1.82) is 5.41 Å². The number of rotatable bonds is 7. The largest absolute Gasteiger partial charge is 0.384 e. The van der Waals surface area contributed by atoms with Crippen molar-refractivity contribution in [1.82, 2.24) is 5.32 Å². The lowest BCUT2D eigenvalue weighted by Gasteiger charge is -2.14. The fraction of sp³-hybridized carbons (Fsp3) is 0.0833. The zero-order valence-corrected chi connectivity index (χ0v) is 19.6. The minimum Gasteiger partial charge on any atom is -0.384 e. The van der Waals surface area contributed by atoms with E-state index in [0.717, 1.165) is 6.26 Å². The molecule has 0 aliphatic carbocycles. The van der Waals surface area contributed by atoms with E-state index in [1.54, 1.807) is 42.5 Å². The van der Waals surface area contributed by atoms with E-state index in [4.69, 9.17) is 11.1 Å². The second kappa shape index (κ2) is 10.2. The van der Waals surface area contributed by atoms with Gasteiger partial charge in [0.25, 0.3) is 11.8 Å². The SMILES string of the molecule is CNC(=O)c1ccc(-c2ccccc2C(=O)Nc2ccc(C(=N)N)cc2)c(C(=O)OS(C)(=O)=O)c1. The van der Waals surface area contributed by atoms with Gasteiger partial charge in [0.2, 0.25) is 0 Å². The standard InChI is InChI=1S/C24H22N4O6S/c1-27-22(29)15-9-12-18(20(13-15)24(31)34-35(2,32)33)17-5-3-4-6-19(17)23(30)28-16-10-7-14(8-11-16)21(25)26/h3-13H,1-2H3,(H3,25,26)(H,27,29)(H,28,30). The highest BCUT2D eigenvalue weighted by atomic mass is 32.2. The minimum atomic E-state index is -4.14. The lowest BCUT2D eigenvalue weighted by molar-refractivity contribution is 0.0748. The van der Waals surface area contributed by atoms with E-state index in [1.165, 1.54) is 31.3 Å². The van der Waals surface area contributed by atoms with Crippen molar-refractivity contribution in [3.8, 4) is 11.1 Å². The number of benzene rings is 3. The van der Waals surface area contributed by atoms with Gasteiger partial charge in [0.05, 0.1) is 11.8 Å². The third-order valence-electron chi connectivity index (χ3n) is 4.87. The number of carbonyl (C=O) groups excluding carboxylic acids is 3. The van der Waals surface area contributed by atoms with E-state index in [-0.39, 0.29) is 28.1 Å². The van der Waals surface area contributed by atoms with Gasteiger partial charge in [0.15, 0.2) is 0 Å². The van der Waals surface area contributed by atoms with Crippen molar-refractivity contribution in [3.05, 3.63) is 89.0 Å². The first-order valence-corrected chi connectivity index (χ1v) is 12.0. The van der Waals surface area contributed by atoms with Crippen LogP contribution in [0.25, 0.3) is 11.1 Å². The number of carbonyl (C=O) groups is 3. The maximum Gasteiger partial charge on any atom is 0.354 e. The molecule has 0 saturated heterocycles. The summed E-state index contributed by atoms with van der Waals surface area (Å²) in [6.07, 6.45) is 0.728. The monoisotopic (exact) mass is 494 g/mol. The lowest BCUT2D eigenvalue weighted by Crippen LogP contribution is -2.20. The molecule has 0 fully saturated rings. The molecule has 0 aliphatic heterocycles. The lowest BCUT2D eigenvalue weighted by atomic mass is 9.93. The first-order valence-electron chi connectivity index (χ1n) is 10.2. The van der Waals surface area contributed by atoms with E-state index in [2.05, 4.69) is 14.8 Å². The Labute approximate surface area is 201 Å². The molecule has 180 valence electrons. The van der Waals surface area contributed by atoms with Gasteiger partial charge in [-0.1, -0.05) is 24.3 Å². The van der Waals surface area contributed by atoms with E-state index in [0.29, 0.717) is 16.8 Å². The van der Waals surface area contributed by atoms with Crippen LogP contribution in [-0.4, -0.2) is 45.3 Å². The van der Waals surface area contributed by atoms with Crippen LogP contribution in [0, 0.1) is 5.41 Å². The Morgan fingerprint density at radius 1 is 0.857 bits per heavy atom. The van der Waals surface area contributed by atoms with Gasteiger partial charge in [0, 0.05) is 29.4 Å². The number of anilines is 1. The smallest absolute Gasteiger partial charge is 0.354 e. The van der Waals surface area contributed by atoms with Crippen LogP contribution in [0.4, 0.5) is 5.69 Å². The van der Waals surface area contributed by atoms with Crippen molar-refractivity contribution < 1.29 is 27.0 Å². The van der Waals surface area contributed by atoms with E-state index >= 15 is 0 Å². The average molecular weight is 495 g/mol. The van der Waals surface area contributed by atoms with E-state index in [9.17, 15) is 22.8 Å². The first kappa shape index (κ1) is 25.1. The normalized spacial score (nSPS) is 10.8. The quantitative estimate of drug-likeness (QED) is 0.222. The molecule has 3 aromatic rings. The van der Waals surface area contributed by atoms with Gasteiger partial charge >= 0.3 is 16.1 Å². The van der Waals surface area contributed by atoms with Crippen LogP contribution in [0.2, 0.25) is 0 Å². The molecule has 3 aromatic carbocycles. The van der Waals surface area contributed by atoms with E-state index < -0.39 is 27.9 Å². The molecule has 0 aliphatic rings. The summed E-state index contributed by atoms with van der Waals surface area (Å²) < 4.78 is 27.7. The summed E-state index contributed by atoms with van der Waals surface area (Å²) in [5.74, 6) is -2.30. The molecule has 0 spiro atoms. The molecule has 0 aromatic heterocycles. The van der Waals surface area contributed by atoms with Crippen LogP contribution >= 0.6 is 0 Å². The molecule has 0 heterocycles. The molecule has 0 bridgehead atoms. The Bertz CT molecular complexity index is 1430. The molecular formula is C24H22N4O6S. The highest BCUT2D eigenvalue weighted by Gasteiger charge is 2.23. The van der Waals surface area contributed by atoms with Crippen LogP contribution in [0.3, 0.4) is 0 Å². The number of nitrogens with one attached hydrogen (secondary N) is 3. The number of hydrogen-bond donors (Lipinski definition) is 4. The van der Waals surface area contributed by atoms with Gasteiger partial charge in [-0.05, 0) is 53.6 Å². The molecule has 2 amide bonds. The predicted octanol–water partition coefficient (Wildman–Crippen LogP) is 2.37. The van der Waals surface area contributed by atoms with Gasteiger partial charge in [0.1, 0.15) is 5.84 Å². The second-order valence-electron chi connectivity index (χ2n) is 7.41. The summed E-state index contributed by atoms with van der Waals surface area (Å²) in [6.45, 7) is 0. The van der Waals surface area contributed by atoms with Crippen molar-refractivity contribution in [2.75, 3.05) is 18.6 Å². The van der Waals surface area contributed by atoms with Crippen molar-refractivity contribution in [2.24, 2.45) is 5.73 Å². The average Bonchev–Trinajstić information content (AvgIpc) is 2.82. The summed E-state index contributed by atoms with van der Waals surface area (Å²) in [5.41, 5.74) is 6.98. The molecule has 0 saturated carbocycles. The second-order valence-corrected chi connectivity index (χ2v) is 8.98. The van der Waals surface area contributed by atoms with E-state index in [1.807, 2.05) is 0 Å². The zero-order valence-electron chi connectivity index (χ0n) is 18.8. The minimum absolute atomic E-state index is 0.101. The Balaban J connectivity index is 2.06. The van der Waals surface area contributed by atoms with Gasteiger partial charge in [-0.15, -0.1) is 0 Å². The summed E-state index contributed by atoms with van der Waals surface area (Å²) in [6, 6.07) is 16.8. The van der Waals surface area contributed by atoms with Gasteiger partial charge in [-0.25, -0.2) is 4.79 Å². The Morgan fingerprint density at radius 2 is 1.46 bits per heavy atom. The first-order chi connectivity index (χ1) is 16.5.